The average molecular weight is 218 g/mol. The minimum Gasteiger partial charge on any atom is -0.389 e. The van der Waals surface area contributed by atoms with E-state index in [1.807, 2.05) is 6.92 Å². The number of hydrogen-bond acceptors (Lipinski definition) is 4. The van der Waals surface area contributed by atoms with E-state index in [2.05, 4.69) is 5.32 Å². The van der Waals surface area contributed by atoms with Crippen LogP contribution in [0.5, 0.6) is 0 Å². The quantitative estimate of drug-likeness (QED) is 0.512. The summed E-state index contributed by atoms with van der Waals surface area (Å²) in [4.78, 5) is 11.0. The first-order valence-electron chi connectivity index (χ1n) is 5.16. The maximum absolute atomic E-state index is 11.0. The van der Waals surface area contributed by atoms with Gasteiger partial charge in [-0.15, -0.1) is 0 Å². The van der Waals surface area contributed by atoms with Gasteiger partial charge in [0.15, 0.2) is 0 Å². The molecule has 5 heteroatoms. The summed E-state index contributed by atoms with van der Waals surface area (Å²) in [5.41, 5.74) is 4.61. The van der Waals surface area contributed by atoms with Crippen molar-refractivity contribution in [1.82, 2.24) is 5.32 Å². The van der Waals surface area contributed by atoms with Gasteiger partial charge in [-0.05, 0) is 20.8 Å². The van der Waals surface area contributed by atoms with Crippen molar-refractivity contribution in [2.75, 3.05) is 26.3 Å². The van der Waals surface area contributed by atoms with Crippen molar-refractivity contribution >= 4 is 5.91 Å². The SMILES string of the molecule is CCOCC(O)CNCC(C)(C)C(N)=O. The molecule has 0 heterocycles. The van der Waals surface area contributed by atoms with Crippen LogP contribution in [0.4, 0.5) is 0 Å². The van der Waals surface area contributed by atoms with E-state index in [0.717, 1.165) is 0 Å². The summed E-state index contributed by atoms with van der Waals surface area (Å²) in [5, 5.41) is 12.4. The molecule has 0 fully saturated rings. The van der Waals surface area contributed by atoms with Gasteiger partial charge in [0, 0.05) is 19.7 Å². The standard InChI is InChI=1S/C10H22N2O3/c1-4-15-6-8(13)5-12-7-10(2,3)9(11)14/h8,12-13H,4-7H2,1-3H3,(H2,11,14). The predicted octanol–water partition coefficient (Wildman–Crippen LogP) is -0.515. The molecule has 0 aliphatic rings. The summed E-state index contributed by atoms with van der Waals surface area (Å²) in [6, 6.07) is 0. The summed E-state index contributed by atoms with van der Waals surface area (Å²) >= 11 is 0. The molecule has 0 saturated heterocycles. The highest BCUT2D eigenvalue weighted by Gasteiger charge is 2.24. The molecule has 0 aromatic heterocycles. The van der Waals surface area contributed by atoms with E-state index in [0.29, 0.717) is 26.3 Å². The van der Waals surface area contributed by atoms with Gasteiger partial charge < -0.3 is 20.9 Å². The molecule has 0 rings (SSSR count). The first kappa shape index (κ1) is 14.3. The molecule has 0 bridgehead atoms. The smallest absolute Gasteiger partial charge is 0.224 e. The second-order valence-corrected chi connectivity index (χ2v) is 4.19. The Kier molecular flexibility index (Phi) is 6.47. The lowest BCUT2D eigenvalue weighted by Gasteiger charge is -2.21. The number of rotatable bonds is 8. The van der Waals surface area contributed by atoms with Gasteiger partial charge in [0.2, 0.25) is 5.91 Å². The summed E-state index contributed by atoms with van der Waals surface area (Å²) in [5.74, 6) is -0.353. The van der Waals surface area contributed by atoms with E-state index in [9.17, 15) is 9.90 Å². The second kappa shape index (κ2) is 6.76. The van der Waals surface area contributed by atoms with Crippen LogP contribution >= 0.6 is 0 Å². The lowest BCUT2D eigenvalue weighted by atomic mass is 9.93. The molecule has 0 aromatic carbocycles. The van der Waals surface area contributed by atoms with Gasteiger partial charge in [0.25, 0.3) is 0 Å². The number of ether oxygens (including phenoxy) is 1. The Hall–Kier alpha value is -0.650. The van der Waals surface area contributed by atoms with Crippen molar-refractivity contribution in [2.24, 2.45) is 11.1 Å². The summed E-state index contributed by atoms with van der Waals surface area (Å²) in [7, 11) is 0. The van der Waals surface area contributed by atoms with Crippen molar-refractivity contribution in [3.8, 4) is 0 Å². The van der Waals surface area contributed by atoms with Crippen LogP contribution in [0.15, 0.2) is 0 Å². The Bertz CT molecular complexity index is 195. The van der Waals surface area contributed by atoms with Gasteiger partial charge in [-0.2, -0.15) is 0 Å². The number of carbonyl (C=O) groups excluding carboxylic acids is 1. The first-order chi connectivity index (χ1) is 6.90. The largest absolute Gasteiger partial charge is 0.389 e. The highest BCUT2D eigenvalue weighted by atomic mass is 16.5. The predicted molar refractivity (Wildman–Crippen MR) is 58.3 cm³/mol. The van der Waals surface area contributed by atoms with Gasteiger partial charge in [0.1, 0.15) is 0 Å². The van der Waals surface area contributed by atoms with Crippen LogP contribution in [0.3, 0.4) is 0 Å². The highest BCUT2D eigenvalue weighted by Crippen LogP contribution is 2.11. The number of primary amides is 1. The van der Waals surface area contributed by atoms with E-state index in [1.165, 1.54) is 0 Å². The van der Waals surface area contributed by atoms with Gasteiger partial charge in [0.05, 0.1) is 18.1 Å². The van der Waals surface area contributed by atoms with Crippen molar-refractivity contribution in [3.05, 3.63) is 0 Å². The number of nitrogens with one attached hydrogen (secondary N) is 1. The highest BCUT2D eigenvalue weighted by molar-refractivity contribution is 5.80. The average Bonchev–Trinajstić information content (AvgIpc) is 2.14. The zero-order valence-corrected chi connectivity index (χ0v) is 9.75. The lowest BCUT2D eigenvalue weighted by molar-refractivity contribution is -0.125. The molecule has 0 aliphatic carbocycles. The molecule has 5 nitrogen and oxygen atoms in total. The van der Waals surface area contributed by atoms with Crippen LogP contribution < -0.4 is 11.1 Å². The van der Waals surface area contributed by atoms with Crippen LogP contribution in [0.1, 0.15) is 20.8 Å². The molecule has 4 N–H and O–H groups in total. The van der Waals surface area contributed by atoms with E-state index >= 15 is 0 Å². The normalized spacial score (nSPS) is 13.9. The fourth-order valence-corrected chi connectivity index (χ4v) is 0.951. The Morgan fingerprint density at radius 1 is 1.60 bits per heavy atom. The Morgan fingerprint density at radius 2 is 2.20 bits per heavy atom. The molecule has 1 atom stereocenters. The number of aliphatic hydroxyl groups is 1. The Morgan fingerprint density at radius 3 is 2.67 bits per heavy atom. The van der Waals surface area contributed by atoms with E-state index in [4.69, 9.17) is 10.5 Å². The van der Waals surface area contributed by atoms with Crippen molar-refractivity contribution in [2.45, 2.75) is 26.9 Å². The number of carbonyl (C=O) groups is 1. The second-order valence-electron chi connectivity index (χ2n) is 4.19. The van der Waals surface area contributed by atoms with Crippen molar-refractivity contribution in [1.29, 1.82) is 0 Å². The fourth-order valence-electron chi connectivity index (χ4n) is 0.951. The molecule has 90 valence electrons. The van der Waals surface area contributed by atoms with Gasteiger partial charge in [-0.1, -0.05) is 0 Å². The zero-order valence-electron chi connectivity index (χ0n) is 9.75. The number of aliphatic hydroxyl groups excluding tert-OH is 1. The zero-order chi connectivity index (χ0) is 11.9. The summed E-state index contributed by atoms with van der Waals surface area (Å²) < 4.78 is 5.04. The van der Waals surface area contributed by atoms with Crippen LogP contribution in [0.2, 0.25) is 0 Å². The van der Waals surface area contributed by atoms with Gasteiger partial charge >= 0.3 is 0 Å². The molecular weight excluding hydrogens is 196 g/mol. The number of nitrogens with two attached hydrogens (primary N) is 1. The Balaban J connectivity index is 3.65. The minimum atomic E-state index is -0.592. The summed E-state index contributed by atoms with van der Waals surface area (Å²) in [6.45, 7) is 7.14. The third-order valence-electron chi connectivity index (χ3n) is 2.13. The summed E-state index contributed by atoms with van der Waals surface area (Å²) in [6.07, 6.45) is -0.548. The van der Waals surface area contributed by atoms with Gasteiger partial charge in [-0.3, -0.25) is 4.79 Å². The minimum absolute atomic E-state index is 0.306. The molecule has 0 radical (unpaired) electrons. The topological polar surface area (TPSA) is 84.6 Å². The number of hydrogen-bond donors (Lipinski definition) is 3. The molecular formula is C10H22N2O3. The molecule has 0 spiro atoms. The Labute approximate surface area is 91.0 Å². The van der Waals surface area contributed by atoms with Crippen molar-refractivity contribution < 1.29 is 14.6 Å². The molecule has 15 heavy (non-hydrogen) atoms. The first-order valence-corrected chi connectivity index (χ1v) is 5.16. The molecule has 0 saturated carbocycles. The third-order valence-corrected chi connectivity index (χ3v) is 2.13. The number of amides is 1. The van der Waals surface area contributed by atoms with Crippen LogP contribution in [0.25, 0.3) is 0 Å². The third kappa shape index (κ3) is 6.43. The van der Waals surface area contributed by atoms with Crippen LogP contribution in [-0.4, -0.2) is 43.4 Å². The molecule has 1 amide bonds. The van der Waals surface area contributed by atoms with E-state index < -0.39 is 11.5 Å². The van der Waals surface area contributed by atoms with Gasteiger partial charge in [-0.25, -0.2) is 0 Å². The maximum Gasteiger partial charge on any atom is 0.224 e. The molecule has 0 aliphatic heterocycles. The van der Waals surface area contributed by atoms with Crippen LogP contribution in [-0.2, 0) is 9.53 Å². The lowest BCUT2D eigenvalue weighted by Crippen LogP contribution is -2.43. The fraction of sp³-hybridized carbons (Fsp3) is 0.900. The van der Waals surface area contributed by atoms with E-state index in [1.54, 1.807) is 13.8 Å². The van der Waals surface area contributed by atoms with E-state index in [-0.39, 0.29) is 5.91 Å². The van der Waals surface area contributed by atoms with Crippen molar-refractivity contribution in [3.63, 3.8) is 0 Å². The van der Waals surface area contributed by atoms with Crippen LogP contribution in [0, 0.1) is 5.41 Å². The monoisotopic (exact) mass is 218 g/mol. The maximum atomic E-state index is 11.0. The molecule has 0 aromatic rings. The molecule has 1 unspecified atom stereocenters.